The highest BCUT2D eigenvalue weighted by atomic mass is 16.5. The smallest absolute Gasteiger partial charge is 0.319 e. The van der Waals surface area contributed by atoms with Gasteiger partial charge in [0.1, 0.15) is 0 Å². The summed E-state index contributed by atoms with van der Waals surface area (Å²) in [5.41, 5.74) is 1.62. The number of nitrogens with one attached hydrogen (secondary N) is 3. The minimum absolute atomic E-state index is 0.0442. The molecule has 0 fully saturated rings. The molecule has 0 atom stereocenters. The molecule has 19 heavy (non-hydrogen) atoms. The molecule has 1 rings (SSSR count). The van der Waals surface area contributed by atoms with E-state index in [9.17, 15) is 9.59 Å². The molecule has 3 N–H and O–H groups in total. The van der Waals surface area contributed by atoms with Gasteiger partial charge in [0.25, 0.3) is 0 Å². The average molecular weight is 265 g/mol. The minimum Gasteiger partial charge on any atom is -0.380 e. The number of urea groups is 1. The number of hydrogen-bond acceptors (Lipinski definition) is 3. The molecule has 3 amide bonds. The second-order valence-corrected chi connectivity index (χ2v) is 3.89. The molecule has 6 nitrogen and oxygen atoms in total. The van der Waals surface area contributed by atoms with Gasteiger partial charge in [0.15, 0.2) is 0 Å². The van der Waals surface area contributed by atoms with Crippen LogP contribution in [0.25, 0.3) is 0 Å². The summed E-state index contributed by atoms with van der Waals surface area (Å²) in [5.74, 6) is -0.217. The molecule has 0 saturated carbocycles. The molecule has 0 spiro atoms. The van der Waals surface area contributed by atoms with Gasteiger partial charge in [-0.1, -0.05) is 12.1 Å². The maximum absolute atomic E-state index is 11.6. The first-order chi connectivity index (χ1) is 9.15. The number of benzene rings is 1. The molecule has 0 aliphatic heterocycles. The molecule has 1 aromatic rings. The Morgan fingerprint density at radius 2 is 2.05 bits per heavy atom. The van der Waals surface area contributed by atoms with E-state index in [-0.39, 0.29) is 12.5 Å². The van der Waals surface area contributed by atoms with Gasteiger partial charge in [-0.05, 0) is 24.6 Å². The zero-order valence-electron chi connectivity index (χ0n) is 11.2. The van der Waals surface area contributed by atoms with Crippen LogP contribution in [-0.4, -0.2) is 32.1 Å². The summed E-state index contributed by atoms with van der Waals surface area (Å²) in [6.45, 7) is 2.80. The molecule has 0 saturated heterocycles. The highest BCUT2D eigenvalue weighted by Gasteiger charge is 2.05. The van der Waals surface area contributed by atoms with Crippen LogP contribution in [0.5, 0.6) is 0 Å². The highest BCUT2D eigenvalue weighted by Crippen LogP contribution is 2.11. The summed E-state index contributed by atoms with van der Waals surface area (Å²) in [7, 11) is 1.61. The van der Waals surface area contributed by atoms with Crippen LogP contribution in [0.3, 0.4) is 0 Å². The van der Waals surface area contributed by atoms with Crippen LogP contribution < -0.4 is 16.0 Å². The summed E-state index contributed by atoms with van der Waals surface area (Å²) >= 11 is 0. The second-order valence-electron chi connectivity index (χ2n) is 3.89. The van der Waals surface area contributed by atoms with Crippen molar-refractivity contribution in [2.75, 3.05) is 25.5 Å². The van der Waals surface area contributed by atoms with Gasteiger partial charge in [0, 0.05) is 19.3 Å². The number of likely N-dealkylation sites (N-methyl/N-ethyl adjacent to an activating group) is 1. The van der Waals surface area contributed by atoms with Crippen molar-refractivity contribution in [1.29, 1.82) is 0 Å². The van der Waals surface area contributed by atoms with Gasteiger partial charge in [-0.3, -0.25) is 4.79 Å². The highest BCUT2D eigenvalue weighted by molar-refractivity contribution is 5.92. The topological polar surface area (TPSA) is 79.5 Å². The molecule has 0 bridgehead atoms. The van der Waals surface area contributed by atoms with E-state index in [0.29, 0.717) is 18.8 Å². The third-order valence-electron chi connectivity index (χ3n) is 2.28. The zero-order valence-corrected chi connectivity index (χ0v) is 11.2. The van der Waals surface area contributed by atoms with Crippen LogP contribution >= 0.6 is 0 Å². The minimum atomic E-state index is -0.416. The number of anilines is 1. The first-order valence-corrected chi connectivity index (χ1v) is 6.05. The molecule has 6 heteroatoms. The number of hydrogen-bond donors (Lipinski definition) is 3. The number of rotatable bonds is 6. The lowest BCUT2D eigenvalue weighted by molar-refractivity contribution is -0.119. The normalized spacial score (nSPS) is 9.79. The zero-order chi connectivity index (χ0) is 14.1. The molecule has 0 unspecified atom stereocenters. The predicted octanol–water partition coefficient (Wildman–Crippen LogP) is 1.09. The van der Waals surface area contributed by atoms with Crippen LogP contribution in [0.4, 0.5) is 10.5 Å². The van der Waals surface area contributed by atoms with E-state index in [1.165, 1.54) is 0 Å². The monoisotopic (exact) mass is 265 g/mol. The Kier molecular flexibility index (Phi) is 6.38. The molecular weight excluding hydrogens is 246 g/mol. The van der Waals surface area contributed by atoms with Gasteiger partial charge >= 0.3 is 6.03 Å². The SMILES string of the molecule is CCNC(=O)CNC(=O)Nc1cccc(COC)c1. The lowest BCUT2D eigenvalue weighted by atomic mass is 10.2. The summed E-state index contributed by atoms with van der Waals surface area (Å²) in [6, 6.07) is 6.90. The van der Waals surface area contributed by atoms with Crippen LogP contribution in [-0.2, 0) is 16.1 Å². The second kappa shape index (κ2) is 8.10. The maximum atomic E-state index is 11.6. The lowest BCUT2D eigenvalue weighted by Crippen LogP contribution is -2.38. The summed E-state index contributed by atoms with van der Waals surface area (Å²) < 4.78 is 5.01. The van der Waals surface area contributed by atoms with E-state index < -0.39 is 6.03 Å². The van der Waals surface area contributed by atoms with Crippen LogP contribution in [0.2, 0.25) is 0 Å². The Morgan fingerprint density at radius 3 is 2.74 bits per heavy atom. The molecule has 0 radical (unpaired) electrons. The van der Waals surface area contributed by atoms with Gasteiger partial charge in [-0.25, -0.2) is 4.79 Å². The Hall–Kier alpha value is -2.08. The van der Waals surface area contributed by atoms with E-state index in [4.69, 9.17) is 4.74 Å². The van der Waals surface area contributed by atoms with Crippen molar-refractivity contribution in [1.82, 2.24) is 10.6 Å². The molecule has 0 aliphatic carbocycles. The number of ether oxygens (including phenoxy) is 1. The fraction of sp³-hybridized carbons (Fsp3) is 0.385. The van der Waals surface area contributed by atoms with Crippen molar-refractivity contribution >= 4 is 17.6 Å². The molecule has 1 aromatic carbocycles. The van der Waals surface area contributed by atoms with Crippen molar-refractivity contribution in [2.45, 2.75) is 13.5 Å². The first-order valence-electron chi connectivity index (χ1n) is 6.05. The van der Waals surface area contributed by atoms with E-state index in [1.54, 1.807) is 13.2 Å². The maximum Gasteiger partial charge on any atom is 0.319 e. The van der Waals surface area contributed by atoms with Gasteiger partial charge in [0.2, 0.25) is 5.91 Å². The predicted molar refractivity (Wildman–Crippen MR) is 72.9 cm³/mol. The van der Waals surface area contributed by atoms with E-state index >= 15 is 0 Å². The average Bonchev–Trinajstić information content (AvgIpc) is 2.38. The number of carbonyl (C=O) groups is 2. The molecule has 104 valence electrons. The Labute approximate surface area is 112 Å². The first kappa shape index (κ1) is 15.0. The summed E-state index contributed by atoms with van der Waals surface area (Å²) in [6.07, 6.45) is 0. The molecule has 0 aromatic heterocycles. The van der Waals surface area contributed by atoms with Crippen molar-refractivity contribution in [2.24, 2.45) is 0 Å². The van der Waals surface area contributed by atoms with Crippen LogP contribution in [0, 0.1) is 0 Å². The van der Waals surface area contributed by atoms with Crippen LogP contribution in [0.15, 0.2) is 24.3 Å². The van der Waals surface area contributed by atoms with Gasteiger partial charge in [-0.15, -0.1) is 0 Å². The fourth-order valence-corrected chi connectivity index (χ4v) is 1.50. The van der Waals surface area contributed by atoms with E-state index in [2.05, 4.69) is 16.0 Å². The summed E-state index contributed by atoms with van der Waals surface area (Å²) in [5, 5.41) is 7.72. The van der Waals surface area contributed by atoms with Crippen molar-refractivity contribution in [3.63, 3.8) is 0 Å². The van der Waals surface area contributed by atoms with Crippen molar-refractivity contribution in [3.05, 3.63) is 29.8 Å². The van der Waals surface area contributed by atoms with Crippen molar-refractivity contribution < 1.29 is 14.3 Å². The van der Waals surface area contributed by atoms with Gasteiger partial charge in [-0.2, -0.15) is 0 Å². The van der Waals surface area contributed by atoms with Crippen molar-refractivity contribution in [3.8, 4) is 0 Å². The lowest BCUT2D eigenvalue weighted by Gasteiger charge is -2.08. The molecule has 0 aliphatic rings. The Morgan fingerprint density at radius 1 is 1.26 bits per heavy atom. The number of carbonyl (C=O) groups excluding carboxylic acids is 2. The number of methoxy groups -OCH3 is 1. The Balaban J connectivity index is 2.43. The van der Waals surface area contributed by atoms with E-state index in [1.807, 2.05) is 25.1 Å². The summed E-state index contributed by atoms with van der Waals surface area (Å²) in [4.78, 5) is 22.7. The third-order valence-corrected chi connectivity index (χ3v) is 2.28. The van der Waals surface area contributed by atoms with Gasteiger partial charge in [0.05, 0.1) is 13.2 Å². The quantitative estimate of drug-likeness (QED) is 0.720. The molecule has 0 heterocycles. The Bertz CT molecular complexity index is 435. The standard InChI is InChI=1S/C13H19N3O3/c1-3-14-12(17)8-15-13(18)16-11-6-4-5-10(7-11)9-19-2/h4-7H,3,8-9H2,1-2H3,(H,14,17)(H2,15,16,18). The fourth-order valence-electron chi connectivity index (χ4n) is 1.50. The number of amides is 3. The van der Waals surface area contributed by atoms with Gasteiger partial charge < -0.3 is 20.7 Å². The van der Waals surface area contributed by atoms with Crippen LogP contribution in [0.1, 0.15) is 12.5 Å². The molecular formula is C13H19N3O3. The van der Waals surface area contributed by atoms with E-state index in [0.717, 1.165) is 5.56 Å². The third kappa shape index (κ3) is 5.87. The largest absolute Gasteiger partial charge is 0.380 e.